The van der Waals surface area contributed by atoms with Gasteiger partial charge in [0, 0.05) is 70.9 Å². The van der Waals surface area contributed by atoms with E-state index in [0.717, 1.165) is 24.8 Å². The van der Waals surface area contributed by atoms with Crippen LogP contribution in [0.4, 0.5) is 13.2 Å². The number of benzene rings is 1. The maximum absolute atomic E-state index is 14.1. The number of hydrogen-bond donors (Lipinski definition) is 1. The lowest BCUT2D eigenvalue weighted by Gasteiger charge is -2.49. The quantitative estimate of drug-likeness (QED) is 0.208. The third-order valence-corrected chi connectivity index (χ3v) is 11.8. The number of ether oxygens (including phenoxy) is 2. The van der Waals surface area contributed by atoms with Gasteiger partial charge in [-0.2, -0.15) is 13.2 Å². The average molecular weight is 717 g/mol. The Kier molecular flexibility index (Phi) is 8.78. The summed E-state index contributed by atoms with van der Waals surface area (Å²) in [6.07, 6.45) is -1.46. The van der Waals surface area contributed by atoms with Crippen LogP contribution in [-0.2, 0) is 24.1 Å². The summed E-state index contributed by atoms with van der Waals surface area (Å²) in [4.78, 5) is 37.3. The predicted molar refractivity (Wildman–Crippen MR) is 180 cm³/mol. The molecule has 2 aliphatic heterocycles. The second-order valence-electron chi connectivity index (χ2n) is 13.3. The Hall–Kier alpha value is -3.52. The molecule has 7 rings (SSSR count). The highest BCUT2D eigenvalue weighted by atomic mass is 35.5. The van der Waals surface area contributed by atoms with E-state index in [-0.39, 0.29) is 55.2 Å². The molecular weight excluding hydrogens is 681 g/mol. The molecule has 0 saturated carbocycles. The van der Waals surface area contributed by atoms with E-state index >= 15 is 0 Å². The highest BCUT2D eigenvalue weighted by Crippen LogP contribution is 2.51. The van der Waals surface area contributed by atoms with Gasteiger partial charge in [0.1, 0.15) is 18.2 Å². The monoisotopic (exact) mass is 716 g/mol. The number of carboxylic acids is 1. The summed E-state index contributed by atoms with van der Waals surface area (Å²) in [6, 6.07) is 6.57. The fourth-order valence-corrected chi connectivity index (χ4v) is 9.44. The third-order valence-electron chi connectivity index (χ3n) is 10.5. The number of rotatable bonds is 8. The Morgan fingerprint density at radius 2 is 1.84 bits per heavy atom. The highest BCUT2D eigenvalue weighted by molar-refractivity contribution is 7.18. The maximum atomic E-state index is 14.1. The summed E-state index contributed by atoms with van der Waals surface area (Å²) < 4.78 is 56.0. The van der Waals surface area contributed by atoms with E-state index in [1.165, 1.54) is 11.3 Å². The summed E-state index contributed by atoms with van der Waals surface area (Å²) in [5, 5.41) is 11.7. The van der Waals surface area contributed by atoms with Crippen molar-refractivity contribution < 1.29 is 32.5 Å². The smallest absolute Gasteiger partial charge is 0.417 e. The van der Waals surface area contributed by atoms with Gasteiger partial charge < -0.3 is 14.6 Å². The van der Waals surface area contributed by atoms with E-state index in [9.17, 15) is 27.9 Å². The number of pyridine rings is 1. The molecule has 2 bridgehead atoms. The Balaban J connectivity index is 1.11. The first kappa shape index (κ1) is 34.0. The van der Waals surface area contributed by atoms with Crippen LogP contribution in [0.25, 0.3) is 21.3 Å². The van der Waals surface area contributed by atoms with Gasteiger partial charge in [0.05, 0.1) is 28.0 Å². The molecular formula is C35H36ClF3N4O5S. The molecule has 2 unspecified atom stereocenters. The van der Waals surface area contributed by atoms with Gasteiger partial charge in [0.2, 0.25) is 0 Å². The summed E-state index contributed by atoms with van der Waals surface area (Å²) in [7, 11) is 1.16. The second kappa shape index (κ2) is 12.7. The van der Waals surface area contributed by atoms with Gasteiger partial charge in [-0.05, 0) is 70.2 Å². The van der Waals surface area contributed by atoms with Gasteiger partial charge in [-0.1, -0.05) is 11.6 Å². The number of aromatic nitrogens is 3. The standard InChI is InChI=1S/C35H36ClF3N4O5S/c1-18-12-25(31-30(40-18)27(17-49-31)33(45)46)24-13-20(36)4-9-29(24)48-11-10-42-19(2)41-28-8-7-21(14-26(28)32(42)44)43-22-5-6-23(43)16-34(15-22,47-3)35(37,38)39/h4,9,12-13,17,21-23H,5-8,10-11,14-16H2,1-3H3,(H,45,46)/t21-,22?,23?,34?/m0/s1. The molecule has 5 heterocycles. The van der Waals surface area contributed by atoms with Crippen molar-refractivity contribution in [2.45, 2.75) is 95.2 Å². The van der Waals surface area contributed by atoms with Crippen molar-refractivity contribution in [3.63, 3.8) is 0 Å². The molecule has 3 aliphatic rings. The number of alkyl halides is 3. The Labute approximate surface area is 289 Å². The topological polar surface area (TPSA) is 107 Å². The SMILES string of the molecule is COC1(C(F)(F)F)CC2CCC(C1)N2[C@H]1CCc2nc(C)n(CCOc3ccc(Cl)cc3-c3cc(C)nc4c(C(=O)O)csc34)c(=O)c2C1. The van der Waals surface area contributed by atoms with Crippen molar-refractivity contribution in [2.75, 3.05) is 13.7 Å². The Bertz CT molecular complexity index is 2000. The molecule has 4 aromatic rings. The number of aryl methyl sites for hydroxylation is 3. The second-order valence-corrected chi connectivity index (χ2v) is 14.6. The van der Waals surface area contributed by atoms with Crippen LogP contribution in [0, 0.1) is 13.8 Å². The number of nitrogens with zero attached hydrogens (tertiary/aromatic N) is 4. The van der Waals surface area contributed by atoms with Crippen LogP contribution >= 0.6 is 22.9 Å². The van der Waals surface area contributed by atoms with Crippen LogP contribution in [0.2, 0.25) is 5.02 Å². The molecule has 1 aromatic carbocycles. The lowest BCUT2D eigenvalue weighted by molar-refractivity contribution is -0.290. The van der Waals surface area contributed by atoms with E-state index in [4.69, 9.17) is 26.1 Å². The van der Waals surface area contributed by atoms with Gasteiger partial charge in [-0.3, -0.25) is 19.2 Å². The van der Waals surface area contributed by atoms with Crippen LogP contribution < -0.4 is 10.3 Å². The predicted octanol–water partition coefficient (Wildman–Crippen LogP) is 7.00. The molecule has 49 heavy (non-hydrogen) atoms. The highest BCUT2D eigenvalue weighted by Gasteiger charge is 2.62. The third kappa shape index (κ3) is 5.92. The Morgan fingerprint density at radius 3 is 2.51 bits per heavy atom. The fourth-order valence-electron chi connectivity index (χ4n) is 8.25. The molecule has 0 spiro atoms. The lowest BCUT2D eigenvalue weighted by Crippen LogP contribution is -2.61. The minimum atomic E-state index is -4.44. The number of hydrogen-bond acceptors (Lipinski definition) is 8. The van der Waals surface area contributed by atoms with Gasteiger partial charge in [0.15, 0.2) is 5.60 Å². The molecule has 0 radical (unpaired) electrons. The number of fused-ring (bicyclic) bond motifs is 4. The maximum Gasteiger partial charge on any atom is 0.417 e. The molecule has 14 heteroatoms. The van der Waals surface area contributed by atoms with Crippen LogP contribution in [-0.4, -0.2) is 74.1 Å². The van der Waals surface area contributed by atoms with Crippen molar-refractivity contribution in [3.05, 3.63) is 73.4 Å². The first-order valence-electron chi connectivity index (χ1n) is 16.3. The normalized spacial score (nSPS) is 23.9. The Morgan fingerprint density at radius 1 is 1.10 bits per heavy atom. The number of aromatic carboxylic acids is 1. The molecule has 3 aromatic heterocycles. The van der Waals surface area contributed by atoms with E-state index < -0.39 is 17.7 Å². The van der Waals surface area contributed by atoms with Crippen LogP contribution in [0.3, 0.4) is 0 Å². The van der Waals surface area contributed by atoms with Gasteiger partial charge in [-0.15, -0.1) is 11.3 Å². The van der Waals surface area contributed by atoms with Gasteiger partial charge in [-0.25, -0.2) is 9.78 Å². The summed E-state index contributed by atoms with van der Waals surface area (Å²) in [5.41, 5.74) is 1.71. The molecule has 2 fully saturated rings. The molecule has 9 nitrogen and oxygen atoms in total. The molecule has 260 valence electrons. The number of carboxylic acid groups (broad SMARTS) is 1. The molecule has 2 saturated heterocycles. The minimum Gasteiger partial charge on any atom is -0.491 e. The van der Waals surface area contributed by atoms with Crippen LogP contribution in [0.5, 0.6) is 5.75 Å². The van der Waals surface area contributed by atoms with Crippen LogP contribution in [0.1, 0.15) is 65.2 Å². The number of carbonyl (C=O) groups is 1. The van der Waals surface area contributed by atoms with Crippen molar-refractivity contribution in [1.29, 1.82) is 0 Å². The molecule has 1 aliphatic carbocycles. The fraction of sp³-hybridized carbons (Fsp3) is 0.486. The van der Waals surface area contributed by atoms with Crippen LogP contribution in [0.15, 0.2) is 34.4 Å². The van der Waals surface area contributed by atoms with E-state index in [1.54, 1.807) is 42.0 Å². The van der Waals surface area contributed by atoms with E-state index in [0.29, 0.717) is 69.3 Å². The van der Waals surface area contributed by atoms with Crippen molar-refractivity contribution in [2.24, 2.45) is 0 Å². The van der Waals surface area contributed by atoms with Gasteiger partial charge in [0.25, 0.3) is 5.56 Å². The molecule has 1 N–H and O–H groups in total. The van der Waals surface area contributed by atoms with Gasteiger partial charge >= 0.3 is 12.1 Å². The largest absolute Gasteiger partial charge is 0.491 e. The van der Waals surface area contributed by atoms with Crippen molar-refractivity contribution >= 4 is 39.1 Å². The average Bonchev–Trinajstić information content (AvgIpc) is 3.60. The summed E-state index contributed by atoms with van der Waals surface area (Å²) >= 11 is 7.69. The number of piperidine rings is 1. The first-order valence-corrected chi connectivity index (χ1v) is 17.6. The zero-order valence-corrected chi connectivity index (χ0v) is 28.8. The lowest BCUT2D eigenvalue weighted by atomic mass is 9.82. The van der Waals surface area contributed by atoms with Crippen molar-refractivity contribution in [1.82, 2.24) is 19.4 Å². The number of thiophene rings is 1. The zero-order chi connectivity index (χ0) is 34.8. The minimum absolute atomic E-state index is 0.0360. The van der Waals surface area contributed by atoms with E-state index in [2.05, 4.69) is 9.88 Å². The first-order chi connectivity index (χ1) is 23.3. The summed E-state index contributed by atoms with van der Waals surface area (Å²) in [5.74, 6) is 0.0350. The van der Waals surface area contributed by atoms with E-state index in [1.807, 2.05) is 6.07 Å². The molecule has 0 amide bonds. The summed E-state index contributed by atoms with van der Waals surface area (Å²) in [6.45, 7) is 3.96. The zero-order valence-electron chi connectivity index (χ0n) is 27.3. The van der Waals surface area contributed by atoms with Crippen molar-refractivity contribution in [3.8, 4) is 16.9 Å². The molecule has 3 atom stereocenters. The number of halogens is 4. The number of methoxy groups -OCH3 is 1.